The van der Waals surface area contributed by atoms with Crippen molar-refractivity contribution < 1.29 is 9.84 Å². The summed E-state index contributed by atoms with van der Waals surface area (Å²) in [6, 6.07) is 7.61. The lowest BCUT2D eigenvalue weighted by atomic mass is 10.2. The molecule has 1 aromatic rings. The first-order valence-electron chi connectivity index (χ1n) is 4.95. The Labute approximate surface area is 83.7 Å². The second-order valence-electron chi connectivity index (χ2n) is 3.54. The maximum atomic E-state index is 8.95. The third-order valence-corrected chi connectivity index (χ3v) is 2.40. The fourth-order valence-corrected chi connectivity index (χ4v) is 1.64. The van der Waals surface area contributed by atoms with Crippen molar-refractivity contribution in [1.29, 1.82) is 0 Å². The molecular formula is C11H15NO2. The molecule has 0 bridgehead atoms. The van der Waals surface area contributed by atoms with Gasteiger partial charge >= 0.3 is 0 Å². The van der Waals surface area contributed by atoms with Crippen LogP contribution in [0.2, 0.25) is 0 Å². The molecule has 0 amide bonds. The van der Waals surface area contributed by atoms with E-state index in [1.165, 1.54) is 0 Å². The molecule has 0 spiro atoms. The van der Waals surface area contributed by atoms with Gasteiger partial charge < -0.3 is 15.2 Å². The third-order valence-electron chi connectivity index (χ3n) is 2.40. The highest BCUT2D eigenvalue weighted by atomic mass is 16.5. The minimum atomic E-state index is 0.0696. The molecule has 0 aliphatic carbocycles. The van der Waals surface area contributed by atoms with Crippen molar-refractivity contribution in [2.45, 2.75) is 19.1 Å². The van der Waals surface area contributed by atoms with Crippen LogP contribution < -0.4 is 10.1 Å². The molecular weight excluding hydrogens is 178 g/mol. The fourth-order valence-electron chi connectivity index (χ4n) is 1.64. The summed E-state index contributed by atoms with van der Waals surface area (Å²) in [5.41, 5.74) is 0.897. The predicted molar refractivity (Wildman–Crippen MR) is 54.3 cm³/mol. The van der Waals surface area contributed by atoms with Crippen LogP contribution in [0, 0.1) is 0 Å². The number of ether oxygens (including phenoxy) is 1. The topological polar surface area (TPSA) is 41.5 Å². The van der Waals surface area contributed by atoms with Gasteiger partial charge in [0.15, 0.2) is 0 Å². The first-order chi connectivity index (χ1) is 6.88. The average Bonchev–Trinajstić information content (AvgIpc) is 2.71. The van der Waals surface area contributed by atoms with Gasteiger partial charge in [0.1, 0.15) is 11.9 Å². The standard InChI is InChI=1S/C11H15NO2/c13-8-9-2-1-3-10(6-9)14-11-4-5-12-7-11/h1-3,6,11-13H,4-5,7-8H2. The quantitative estimate of drug-likeness (QED) is 0.750. The third kappa shape index (κ3) is 2.25. The Hall–Kier alpha value is -1.06. The highest BCUT2D eigenvalue weighted by Crippen LogP contribution is 2.16. The number of hydrogen-bond acceptors (Lipinski definition) is 3. The molecule has 1 unspecified atom stereocenters. The summed E-state index contributed by atoms with van der Waals surface area (Å²) >= 11 is 0. The van der Waals surface area contributed by atoms with E-state index in [1.807, 2.05) is 24.3 Å². The van der Waals surface area contributed by atoms with Crippen molar-refractivity contribution in [2.24, 2.45) is 0 Å². The molecule has 1 heterocycles. The molecule has 2 rings (SSSR count). The summed E-state index contributed by atoms with van der Waals surface area (Å²) in [7, 11) is 0. The van der Waals surface area contributed by atoms with Gasteiger partial charge in [0.25, 0.3) is 0 Å². The van der Waals surface area contributed by atoms with Crippen molar-refractivity contribution in [1.82, 2.24) is 5.32 Å². The van der Waals surface area contributed by atoms with E-state index >= 15 is 0 Å². The molecule has 0 saturated carbocycles. The number of aliphatic hydroxyl groups is 1. The van der Waals surface area contributed by atoms with Crippen LogP contribution in [0.5, 0.6) is 5.75 Å². The summed E-state index contributed by atoms with van der Waals surface area (Å²) in [4.78, 5) is 0. The van der Waals surface area contributed by atoms with Crippen molar-refractivity contribution in [3.63, 3.8) is 0 Å². The zero-order chi connectivity index (χ0) is 9.80. The largest absolute Gasteiger partial charge is 0.489 e. The van der Waals surface area contributed by atoms with Gasteiger partial charge in [0.05, 0.1) is 6.61 Å². The summed E-state index contributed by atoms with van der Waals surface area (Å²) in [5, 5.41) is 12.2. The smallest absolute Gasteiger partial charge is 0.120 e. The highest BCUT2D eigenvalue weighted by molar-refractivity contribution is 5.28. The van der Waals surface area contributed by atoms with E-state index in [4.69, 9.17) is 9.84 Å². The van der Waals surface area contributed by atoms with Gasteiger partial charge in [0.2, 0.25) is 0 Å². The van der Waals surface area contributed by atoms with Gasteiger partial charge in [-0.15, -0.1) is 0 Å². The Morgan fingerprint density at radius 3 is 3.14 bits per heavy atom. The Morgan fingerprint density at radius 2 is 2.43 bits per heavy atom. The molecule has 1 saturated heterocycles. The Bertz CT molecular complexity index is 295. The van der Waals surface area contributed by atoms with Crippen molar-refractivity contribution >= 4 is 0 Å². The van der Waals surface area contributed by atoms with Crippen LogP contribution >= 0.6 is 0 Å². The highest BCUT2D eigenvalue weighted by Gasteiger charge is 2.15. The molecule has 2 N–H and O–H groups in total. The minimum absolute atomic E-state index is 0.0696. The van der Waals surface area contributed by atoms with E-state index in [2.05, 4.69) is 5.32 Å². The van der Waals surface area contributed by atoms with Crippen LogP contribution in [0.3, 0.4) is 0 Å². The summed E-state index contributed by atoms with van der Waals surface area (Å²) in [6.45, 7) is 2.02. The van der Waals surface area contributed by atoms with E-state index in [0.29, 0.717) is 0 Å². The normalized spacial score (nSPS) is 21.1. The fraction of sp³-hybridized carbons (Fsp3) is 0.455. The van der Waals surface area contributed by atoms with E-state index in [1.54, 1.807) is 0 Å². The first-order valence-corrected chi connectivity index (χ1v) is 4.95. The van der Waals surface area contributed by atoms with Gasteiger partial charge in [-0.25, -0.2) is 0 Å². The van der Waals surface area contributed by atoms with Gasteiger partial charge in [-0.1, -0.05) is 12.1 Å². The minimum Gasteiger partial charge on any atom is -0.489 e. The maximum Gasteiger partial charge on any atom is 0.120 e. The molecule has 1 aliphatic rings. The zero-order valence-electron chi connectivity index (χ0n) is 8.07. The van der Waals surface area contributed by atoms with Gasteiger partial charge in [-0.3, -0.25) is 0 Å². The van der Waals surface area contributed by atoms with Crippen LogP contribution in [0.25, 0.3) is 0 Å². The summed E-state index contributed by atoms with van der Waals surface area (Å²) < 4.78 is 5.74. The second kappa shape index (κ2) is 4.44. The maximum absolute atomic E-state index is 8.95. The lowest BCUT2D eigenvalue weighted by molar-refractivity contribution is 0.221. The van der Waals surface area contributed by atoms with E-state index < -0.39 is 0 Å². The molecule has 3 nitrogen and oxygen atoms in total. The van der Waals surface area contributed by atoms with Crippen LogP contribution in [-0.4, -0.2) is 24.3 Å². The van der Waals surface area contributed by atoms with Crippen LogP contribution in [0.1, 0.15) is 12.0 Å². The molecule has 1 atom stereocenters. The predicted octanol–water partition coefficient (Wildman–Crippen LogP) is 0.920. The van der Waals surface area contributed by atoms with Crippen molar-refractivity contribution in [2.75, 3.05) is 13.1 Å². The summed E-state index contributed by atoms with van der Waals surface area (Å²) in [5.74, 6) is 0.852. The van der Waals surface area contributed by atoms with Crippen LogP contribution in [-0.2, 0) is 6.61 Å². The Morgan fingerprint density at radius 1 is 1.50 bits per heavy atom. The number of hydrogen-bond donors (Lipinski definition) is 2. The molecule has 0 radical (unpaired) electrons. The Kier molecular flexibility index (Phi) is 3.01. The number of nitrogens with one attached hydrogen (secondary N) is 1. The Balaban J connectivity index is 2.00. The van der Waals surface area contributed by atoms with Crippen molar-refractivity contribution in [3.8, 4) is 5.75 Å². The molecule has 0 aromatic heterocycles. The number of rotatable bonds is 3. The molecule has 14 heavy (non-hydrogen) atoms. The molecule has 76 valence electrons. The molecule has 3 heteroatoms. The van der Waals surface area contributed by atoms with Gasteiger partial charge in [-0.2, -0.15) is 0 Å². The lowest BCUT2D eigenvalue weighted by Gasteiger charge is -2.12. The SMILES string of the molecule is OCc1cccc(OC2CCNC2)c1. The summed E-state index contributed by atoms with van der Waals surface area (Å²) in [6.07, 6.45) is 1.34. The van der Waals surface area contributed by atoms with Gasteiger partial charge in [0, 0.05) is 6.54 Å². The molecule has 1 aliphatic heterocycles. The zero-order valence-corrected chi connectivity index (χ0v) is 8.07. The molecule has 1 fully saturated rings. The van der Waals surface area contributed by atoms with Gasteiger partial charge in [-0.05, 0) is 30.7 Å². The number of aliphatic hydroxyl groups excluding tert-OH is 1. The first kappa shape index (κ1) is 9.49. The van der Waals surface area contributed by atoms with Crippen LogP contribution in [0.4, 0.5) is 0 Å². The number of benzene rings is 1. The molecule has 1 aromatic carbocycles. The average molecular weight is 193 g/mol. The van der Waals surface area contributed by atoms with E-state index in [9.17, 15) is 0 Å². The van der Waals surface area contributed by atoms with Crippen molar-refractivity contribution in [3.05, 3.63) is 29.8 Å². The second-order valence-corrected chi connectivity index (χ2v) is 3.54. The monoisotopic (exact) mass is 193 g/mol. The van der Waals surface area contributed by atoms with E-state index in [-0.39, 0.29) is 12.7 Å². The van der Waals surface area contributed by atoms with Crippen LogP contribution in [0.15, 0.2) is 24.3 Å². The van der Waals surface area contributed by atoms with E-state index in [0.717, 1.165) is 30.8 Å². The lowest BCUT2D eigenvalue weighted by Crippen LogP contribution is -2.19.